The number of ether oxygens (including phenoxy) is 7. The Morgan fingerprint density at radius 2 is 1.28 bits per heavy atom. The summed E-state index contributed by atoms with van der Waals surface area (Å²) in [5, 5.41) is 11.2. The second kappa shape index (κ2) is 42.8. The first-order valence-corrected chi connectivity index (χ1v) is 39.8. The summed E-state index contributed by atoms with van der Waals surface area (Å²) in [5.41, 5.74) is 6.19. The molecule has 8 rings (SSSR count). The molecule has 4 aliphatic heterocycles. The topological polar surface area (TPSA) is 275 Å². The normalized spacial score (nSPS) is 16.3. The predicted octanol–water partition coefficient (Wildman–Crippen LogP) is 13.2. The van der Waals surface area contributed by atoms with Crippen LogP contribution in [0.25, 0.3) is 0 Å². The number of allylic oxidation sites excluding steroid dienone is 2. The third-order valence-corrected chi connectivity index (χ3v) is 16.6. The fourth-order valence-corrected chi connectivity index (χ4v) is 12.1. The summed E-state index contributed by atoms with van der Waals surface area (Å²) >= 11 is 0. The highest BCUT2D eigenvalue weighted by atomic mass is 32.2. The Kier molecular flexibility index (Phi) is 36.0. The van der Waals surface area contributed by atoms with Crippen molar-refractivity contribution in [2.45, 2.75) is 203 Å². The number of hydrogen-bond acceptors (Lipinski definition) is 19. The van der Waals surface area contributed by atoms with Crippen molar-refractivity contribution in [1.82, 2.24) is 5.32 Å². The molecule has 22 nitrogen and oxygen atoms in total. The van der Waals surface area contributed by atoms with E-state index < -0.39 is 42.6 Å². The van der Waals surface area contributed by atoms with Crippen LogP contribution in [0.4, 0.5) is 11.4 Å². The van der Waals surface area contributed by atoms with Crippen LogP contribution >= 0.6 is 0 Å². The monoisotopic (exact) mass is 1410 g/mol. The van der Waals surface area contributed by atoms with Gasteiger partial charge >= 0.3 is 34.0 Å². The molecule has 3 aromatic rings. The molecular formula is C75H107N3O19SSi. The van der Waals surface area contributed by atoms with Crippen molar-refractivity contribution in [3.8, 4) is 0 Å². The zero-order valence-corrected chi connectivity index (χ0v) is 62.3. The summed E-state index contributed by atoms with van der Waals surface area (Å²) in [6.07, 6.45) is 14.0. The highest BCUT2D eigenvalue weighted by Gasteiger charge is 2.35. The van der Waals surface area contributed by atoms with E-state index in [1.54, 1.807) is 11.8 Å². The van der Waals surface area contributed by atoms with E-state index in [9.17, 15) is 42.0 Å². The molecule has 1 saturated heterocycles. The Morgan fingerprint density at radius 1 is 0.697 bits per heavy atom. The van der Waals surface area contributed by atoms with Crippen LogP contribution in [0.5, 0.6) is 0 Å². The molecule has 0 saturated carbocycles. The maximum absolute atomic E-state index is 13.3. The van der Waals surface area contributed by atoms with Crippen LogP contribution in [0, 0.1) is 0 Å². The number of carbonyl (C=O) groups excluding carboxylic acids is 7. The van der Waals surface area contributed by atoms with Crippen molar-refractivity contribution >= 4 is 71.4 Å². The van der Waals surface area contributed by atoms with Crippen LogP contribution in [0.3, 0.4) is 0 Å². The Balaban J connectivity index is 0.000000268. The van der Waals surface area contributed by atoms with Gasteiger partial charge in [0.05, 0.1) is 61.6 Å². The number of anilines is 2. The summed E-state index contributed by atoms with van der Waals surface area (Å²) < 4.78 is 69.4. The number of hydrogen-bond donors (Lipinski definition) is 2. The van der Waals surface area contributed by atoms with Gasteiger partial charge in [-0.1, -0.05) is 107 Å². The molecule has 1 fully saturated rings. The first kappa shape index (κ1) is 83.4. The van der Waals surface area contributed by atoms with Crippen LogP contribution in [0.1, 0.15) is 171 Å². The van der Waals surface area contributed by atoms with Crippen molar-refractivity contribution in [1.29, 1.82) is 0 Å². The molecule has 1 aliphatic carbocycles. The molecule has 0 aromatic heterocycles. The zero-order chi connectivity index (χ0) is 73.1. The van der Waals surface area contributed by atoms with Gasteiger partial charge in [-0.15, -0.1) is 0 Å². The quantitative estimate of drug-likeness (QED) is 0.0130. The molecule has 4 heterocycles. The standard InChI is InChI=1S/C22H23NO3.C20H27NO3.C13H25NO4S.C11H20O3Si.C9H12O6/c24-22-19(16-17-8-3-1-4-9-17)20(26-21-12-7-15-25-21)13-14-23(22)18-10-5-2-6-11-18;1-5-6-12-17-15(13-18(22)24-20(2,3)4)14-21(19(17)23)16-10-8-7-9-11-16;1-5-7-9-12(11(3)18-19(4,16)17)13(15)14-10-8-6-2;1-5-13-11(12)9-7-6-8-10(9)14-15(2,3)4;1-2-13-8(12)6-3-4-14-9(6)15-7(11)5-10/h1-6,8-11,21H,7,12-16H2;7-11H,5-6,12-14H2,1-4H3;5-10H2,1-4H3,(H,14,15);5-8H2,1-4H3;10H,2-5H2,1H3/b;;12-11+;;. The Morgan fingerprint density at radius 3 is 1.83 bits per heavy atom. The van der Waals surface area contributed by atoms with Gasteiger partial charge in [0, 0.05) is 68.7 Å². The molecule has 3 amide bonds. The number of aliphatic hydroxyl groups is 1. The molecule has 2 N–H and O–H groups in total. The van der Waals surface area contributed by atoms with Crippen molar-refractivity contribution < 1.29 is 88.9 Å². The number of aliphatic hydroxyl groups excluding tert-OH is 1. The third-order valence-electron chi connectivity index (χ3n) is 15.1. The average Bonchev–Trinajstić information content (AvgIpc) is 1.80. The number of nitrogens with zero attached hydrogens (tertiary/aromatic N) is 2. The molecule has 0 radical (unpaired) electrons. The Hall–Kier alpha value is -8.06. The van der Waals surface area contributed by atoms with Gasteiger partial charge in [-0.05, 0) is 148 Å². The number of carbonyl (C=O) groups is 7. The van der Waals surface area contributed by atoms with Crippen molar-refractivity contribution in [3.05, 3.63) is 153 Å². The van der Waals surface area contributed by atoms with Gasteiger partial charge in [0.15, 0.2) is 6.29 Å². The number of esters is 4. The fraction of sp³-hybridized carbons (Fsp3) is 0.533. The van der Waals surface area contributed by atoms with E-state index in [4.69, 9.17) is 42.1 Å². The van der Waals surface area contributed by atoms with E-state index in [1.807, 2.05) is 137 Å². The lowest BCUT2D eigenvalue weighted by Crippen LogP contribution is -2.39. The van der Waals surface area contributed by atoms with Crippen LogP contribution in [-0.4, -0.2) is 134 Å². The number of benzene rings is 3. The van der Waals surface area contributed by atoms with E-state index in [2.05, 4.69) is 36.6 Å². The van der Waals surface area contributed by atoms with Crippen LogP contribution in [0.15, 0.2) is 148 Å². The van der Waals surface area contributed by atoms with Gasteiger partial charge in [-0.2, -0.15) is 8.42 Å². The van der Waals surface area contributed by atoms with Gasteiger partial charge in [-0.25, -0.2) is 14.4 Å². The zero-order valence-electron chi connectivity index (χ0n) is 60.5. The van der Waals surface area contributed by atoms with Crippen molar-refractivity contribution in [3.63, 3.8) is 0 Å². The fourth-order valence-electron chi connectivity index (χ4n) is 10.6. The Bertz CT molecular complexity index is 3400. The summed E-state index contributed by atoms with van der Waals surface area (Å²) in [5.74, 6) is -0.388. The second-order valence-corrected chi connectivity index (χ2v) is 31.8. The predicted molar refractivity (Wildman–Crippen MR) is 382 cm³/mol. The molecule has 5 aliphatic rings. The van der Waals surface area contributed by atoms with E-state index >= 15 is 0 Å². The summed E-state index contributed by atoms with van der Waals surface area (Å²) in [6.45, 7) is 25.7. The molecule has 1 unspecified atom stereocenters. The number of amides is 3. The van der Waals surface area contributed by atoms with Gasteiger partial charge in [-0.3, -0.25) is 19.2 Å². The number of nitrogens with one attached hydrogen (secondary N) is 1. The highest BCUT2D eigenvalue weighted by Crippen LogP contribution is 2.34. The van der Waals surface area contributed by atoms with Crippen LogP contribution in [-0.2, 0) is 91.9 Å². The third kappa shape index (κ3) is 30.1. The highest BCUT2D eigenvalue weighted by molar-refractivity contribution is 7.86. The first-order chi connectivity index (χ1) is 47.1. The molecule has 24 heteroatoms. The summed E-state index contributed by atoms with van der Waals surface area (Å²) in [6, 6.07) is 29.5. The molecule has 0 spiro atoms. The average molecular weight is 1410 g/mol. The minimum absolute atomic E-state index is 0.0215. The molecule has 546 valence electrons. The summed E-state index contributed by atoms with van der Waals surface area (Å²) in [7, 11) is -5.19. The summed E-state index contributed by atoms with van der Waals surface area (Å²) in [4.78, 5) is 87.5. The molecular weight excluding hydrogens is 1310 g/mol. The lowest BCUT2D eigenvalue weighted by molar-refractivity contribution is -0.154. The molecule has 3 aromatic carbocycles. The number of unbranched alkanes of at least 4 members (excludes halogenated alkanes) is 3. The van der Waals surface area contributed by atoms with Crippen molar-refractivity contribution in [2.75, 3.05) is 68.7 Å². The Labute approximate surface area is 587 Å². The largest absolute Gasteiger partial charge is 0.547 e. The maximum atomic E-state index is 13.3. The van der Waals surface area contributed by atoms with E-state index in [-0.39, 0.29) is 72.9 Å². The maximum Gasteiger partial charge on any atom is 0.341 e. The molecule has 1 atom stereocenters. The van der Waals surface area contributed by atoms with E-state index in [1.165, 1.54) is 6.92 Å². The first-order valence-electron chi connectivity index (χ1n) is 34.6. The molecule has 0 bridgehead atoms. The van der Waals surface area contributed by atoms with Gasteiger partial charge in [0.25, 0.3) is 23.7 Å². The van der Waals surface area contributed by atoms with Gasteiger partial charge in [0.1, 0.15) is 29.3 Å². The molecule has 99 heavy (non-hydrogen) atoms. The smallest absolute Gasteiger partial charge is 0.341 e. The van der Waals surface area contributed by atoms with E-state index in [0.717, 1.165) is 141 Å². The van der Waals surface area contributed by atoms with Crippen LogP contribution in [0.2, 0.25) is 19.6 Å². The second-order valence-electron chi connectivity index (χ2n) is 25.8. The minimum Gasteiger partial charge on any atom is -0.547 e. The van der Waals surface area contributed by atoms with Crippen molar-refractivity contribution in [2.24, 2.45) is 0 Å². The minimum atomic E-state index is -3.59. The van der Waals surface area contributed by atoms with Gasteiger partial charge in [0.2, 0.25) is 8.32 Å². The van der Waals surface area contributed by atoms with Crippen LogP contribution < -0.4 is 15.1 Å². The number of para-hydroxylation sites is 2. The SMILES string of the molecule is CCCCC1=C(CC(=O)OC(C)(C)C)CN(c2ccccc2)C1=O.CCCCNC(=O)/C(CCCC)=C(\C)OS(C)(=O)=O.CCOC(=O)C1=C(OC(=O)CO)OCC1.CCOC(=O)C1=C(O[Si](C)(C)C)CCC1.O=C1C(Cc2ccccc2)=C(OC2CCCO2)CCN1c1ccccc1. The lowest BCUT2D eigenvalue weighted by Gasteiger charge is -2.31. The van der Waals surface area contributed by atoms with E-state index in [0.29, 0.717) is 57.5 Å². The lowest BCUT2D eigenvalue weighted by atomic mass is 9.98. The number of rotatable bonds is 28. The van der Waals surface area contributed by atoms with Gasteiger partial charge < -0.3 is 62.0 Å².